The molecule has 2 heterocycles. The Balaban J connectivity index is 1.68. The Morgan fingerprint density at radius 1 is 0.862 bits per heavy atom. The van der Waals surface area contributed by atoms with Gasteiger partial charge in [0.2, 0.25) is 0 Å². The molecule has 0 saturated carbocycles. The van der Waals surface area contributed by atoms with Gasteiger partial charge in [-0.3, -0.25) is 4.40 Å². The lowest BCUT2D eigenvalue weighted by Gasteiger charge is -2.11. The number of hydrogen-bond acceptors (Lipinski definition) is 3. The number of hydrogen-bond donors (Lipinski definition) is 1. The molecule has 0 saturated heterocycles. The molecule has 5 rings (SSSR count). The fourth-order valence-electron chi connectivity index (χ4n) is 3.73. The molecule has 2 aromatic heterocycles. The summed E-state index contributed by atoms with van der Waals surface area (Å²) in [5, 5.41) is 2.04. The van der Waals surface area contributed by atoms with Crippen LogP contribution in [0.5, 0.6) is 5.75 Å². The Bertz CT molecular complexity index is 1320. The second-order valence-electron chi connectivity index (χ2n) is 7.17. The van der Waals surface area contributed by atoms with E-state index in [0.717, 1.165) is 44.6 Å². The van der Waals surface area contributed by atoms with Crippen LogP contribution >= 0.6 is 0 Å². The minimum atomic E-state index is 0.496. The van der Waals surface area contributed by atoms with Crippen molar-refractivity contribution in [2.24, 2.45) is 0 Å². The van der Waals surface area contributed by atoms with Gasteiger partial charge in [0.1, 0.15) is 29.5 Å². The predicted molar refractivity (Wildman–Crippen MR) is 118 cm³/mol. The third-order valence-corrected chi connectivity index (χ3v) is 5.27. The zero-order valence-corrected chi connectivity index (χ0v) is 16.2. The first-order valence-electron chi connectivity index (χ1n) is 9.64. The molecule has 0 spiro atoms. The molecule has 2 N–H and O–H groups in total. The number of aryl methyl sites for hydroxylation is 1. The van der Waals surface area contributed by atoms with Gasteiger partial charge < -0.3 is 10.5 Å². The number of anilines is 1. The normalized spacial score (nSPS) is 11.2. The monoisotopic (exact) mass is 379 g/mol. The fourth-order valence-corrected chi connectivity index (χ4v) is 3.73. The van der Waals surface area contributed by atoms with Crippen molar-refractivity contribution in [3.63, 3.8) is 0 Å². The van der Waals surface area contributed by atoms with Crippen molar-refractivity contribution in [2.75, 3.05) is 5.73 Å². The number of fused-ring (bicyclic) bond motifs is 3. The highest BCUT2D eigenvalue weighted by atomic mass is 16.5. The van der Waals surface area contributed by atoms with Crippen molar-refractivity contribution in [2.45, 2.75) is 13.5 Å². The molecule has 0 radical (unpaired) electrons. The van der Waals surface area contributed by atoms with Crippen LogP contribution in [0.4, 0.5) is 5.82 Å². The van der Waals surface area contributed by atoms with E-state index in [-0.39, 0.29) is 0 Å². The lowest BCUT2D eigenvalue weighted by atomic mass is 10.1. The van der Waals surface area contributed by atoms with Crippen molar-refractivity contribution < 1.29 is 4.74 Å². The lowest BCUT2D eigenvalue weighted by molar-refractivity contribution is 0.308. The van der Waals surface area contributed by atoms with Crippen LogP contribution in [0.3, 0.4) is 0 Å². The standard InChI is InChI=1S/C25H21N3O/c1-17-9-5-6-12-19(17)23-24(26)28-15-22(29-16-18-10-3-2-4-11-18)20-13-7-8-14-21(20)25(28)27-23/h2-15H,16,26H2,1H3. The quantitative estimate of drug-likeness (QED) is 0.441. The zero-order chi connectivity index (χ0) is 19.8. The van der Waals surface area contributed by atoms with Crippen molar-refractivity contribution in [3.8, 4) is 17.0 Å². The predicted octanol–water partition coefficient (Wildman–Crippen LogP) is 5.62. The van der Waals surface area contributed by atoms with E-state index in [1.54, 1.807) is 0 Å². The van der Waals surface area contributed by atoms with Gasteiger partial charge in [0, 0.05) is 16.3 Å². The first-order valence-corrected chi connectivity index (χ1v) is 9.64. The third-order valence-electron chi connectivity index (χ3n) is 5.27. The summed E-state index contributed by atoms with van der Waals surface area (Å²) in [5.74, 6) is 1.40. The maximum Gasteiger partial charge on any atom is 0.147 e. The van der Waals surface area contributed by atoms with Crippen LogP contribution in [0.2, 0.25) is 0 Å². The van der Waals surface area contributed by atoms with Crippen molar-refractivity contribution in [1.29, 1.82) is 0 Å². The summed E-state index contributed by atoms with van der Waals surface area (Å²) >= 11 is 0. The van der Waals surface area contributed by atoms with Gasteiger partial charge in [0.05, 0.1) is 6.20 Å². The maximum absolute atomic E-state index is 6.55. The molecular weight excluding hydrogens is 358 g/mol. The Kier molecular flexibility index (Phi) is 4.17. The SMILES string of the molecule is Cc1ccccc1-c1nc2c3ccccc3c(OCc3ccccc3)cn2c1N. The Morgan fingerprint density at radius 3 is 2.34 bits per heavy atom. The van der Waals surface area contributed by atoms with E-state index in [2.05, 4.69) is 43.3 Å². The smallest absolute Gasteiger partial charge is 0.147 e. The minimum absolute atomic E-state index is 0.496. The topological polar surface area (TPSA) is 52.5 Å². The highest BCUT2D eigenvalue weighted by molar-refractivity contribution is 6.00. The van der Waals surface area contributed by atoms with Crippen LogP contribution in [0.25, 0.3) is 27.7 Å². The summed E-state index contributed by atoms with van der Waals surface area (Å²) in [6.07, 6.45) is 1.95. The summed E-state index contributed by atoms with van der Waals surface area (Å²) in [5.41, 5.74) is 11.5. The largest absolute Gasteiger partial charge is 0.487 e. The molecule has 5 aromatic rings. The van der Waals surface area contributed by atoms with E-state index in [0.29, 0.717) is 12.4 Å². The fraction of sp³-hybridized carbons (Fsp3) is 0.0800. The molecule has 0 bridgehead atoms. The van der Waals surface area contributed by atoms with Crippen molar-refractivity contribution in [3.05, 3.63) is 96.2 Å². The molecule has 3 aromatic carbocycles. The summed E-state index contributed by atoms with van der Waals surface area (Å²) in [6, 6.07) is 26.5. The van der Waals surface area contributed by atoms with Crippen LogP contribution in [0.1, 0.15) is 11.1 Å². The molecule has 4 heteroatoms. The Labute approximate surface area is 169 Å². The average Bonchev–Trinajstić information content (AvgIpc) is 3.09. The third kappa shape index (κ3) is 2.99. The molecule has 0 fully saturated rings. The van der Waals surface area contributed by atoms with Gasteiger partial charge in [-0.1, -0.05) is 78.9 Å². The number of imidazole rings is 1. The van der Waals surface area contributed by atoms with Crippen LogP contribution in [0.15, 0.2) is 85.1 Å². The molecule has 142 valence electrons. The first kappa shape index (κ1) is 17.3. The maximum atomic E-state index is 6.55. The highest BCUT2D eigenvalue weighted by Crippen LogP contribution is 2.35. The van der Waals surface area contributed by atoms with E-state index in [4.69, 9.17) is 15.5 Å². The minimum Gasteiger partial charge on any atom is -0.487 e. The van der Waals surface area contributed by atoms with Gasteiger partial charge >= 0.3 is 0 Å². The van der Waals surface area contributed by atoms with E-state index >= 15 is 0 Å². The number of aromatic nitrogens is 2. The van der Waals surface area contributed by atoms with E-state index < -0.39 is 0 Å². The molecule has 29 heavy (non-hydrogen) atoms. The molecule has 4 nitrogen and oxygen atoms in total. The van der Waals surface area contributed by atoms with Crippen molar-refractivity contribution >= 4 is 22.2 Å². The summed E-state index contributed by atoms with van der Waals surface area (Å²) in [6.45, 7) is 2.57. The van der Waals surface area contributed by atoms with Crippen LogP contribution < -0.4 is 10.5 Å². The number of pyridine rings is 1. The molecule has 0 amide bonds. The number of nitrogens with two attached hydrogens (primary N) is 1. The Morgan fingerprint density at radius 2 is 1.55 bits per heavy atom. The van der Waals surface area contributed by atoms with Crippen LogP contribution in [-0.4, -0.2) is 9.38 Å². The lowest BCUT2D eigenvalue weighted by Crippen LogP contribution is -2.00. The van der Waals surface area contributed by atoms with Crippen LogP contribution in [-0.2, 0) is 6.61 Å². The Hall–Kier alpha value is -3.79. The molecule has 0 aliphatic heterocycles. The van der Waals surface area contributed by atoms with E-state index in [1.165, 1.54) is 0 Å². The summed E-state index contributed by atoms with van der Waals surface area (Å²) in [4.78, 5) is 4.91. The molecule has 0 aliphatic rings. The van der Waals surface area contributed by atoms with Gasteiger partial charge in [0.25, 0.3) is 0 Å². The molecular formula is C25H21N3O. The van der Waals surface area contributed by atoms with Gasteiger partial charge in [0.15, 0.2) is 0 Å². The number of benzene rings is 3. The van der Waals surface area contributed by atoms with Gasteiger partial charge in [-0.05, 0) is 18.1 Å². The average molecular weight is 379 g/mol. The van der Waals surface area contributed by atoms with Crippen molar-refractivity contribution in [1.82, 2.24) is 9.38 Å². The molecule has 0 unspecified atom stereocenters. The first-order chi connectivity index (χ1) is 14.2. The van der Waals surface area contributed by atoms with E-state index in [1.807, 2.05) is 53.1 Å². The van der Waals surface area contributed by atoms with Gasteiger partial charge in [-0.15, -0.1) is 0 Å². The van der Waals surface area contributed by atoms with Crippen LogP contribution in [0, 0.1) is 6.92 Å². The number of nitrogens with zero attached hydrogens (tertiary/aromatic N) is 2. The van der Waals surface area contributed by atoms with Gasteiger partial charge in [-0.2, -0.15) is 0 Å². The zero-order valence-electron chi connectivity index (χ0n) is 16.2. The van der Waals surface area contributed by atoms with E-state index in [9.17, 15) is 0 Å². The molecule has 0 aliphatic carbocycles. The summed E-state index contributed by atoms with van der Waals surface area (Å²) < 4.78 is 8.14. The number of nitrogen functional groups attached to an aromatic ring is 1. The number of ether oxygens (including phenoxy) is 1. The second kappa shape index (κ2) is 6.99. The second-order valence-corrected chi connectivity index (χ2v) is 7.17. The number of rotatable bonds is 4. The van der Waals surface area contributed by atoms with Gasteiger partial charge in [-0.25, -0.2) is 4.98 Å². The summed E-state index contributed by atoms with van der Waals surface area (Å²) in [7, 11) is 0. The molecule has 0 atom stereocenters. The highest BCUT2D eigenvalue weighted by Gasteiger charge is 2.17.